The molecule has 2 rings (SSSR count). The molecule has 6 nitrogen and oxygen atoms in total. The second-order valence-electron chi connectivity index (χ2n) is 5.51. The molecule has 0 aliphatic carbocycles. The molecule has 1 aromatic rings. The lowest BCUT2D eigenvalue weighted by Gasteiger charge is -2.10. The first-order valence-corrected chi connectivity index (χ1v) is 9.01. The van der Waals surface area contributed by atoms with Crippen LogP contribution in [0.2, 0.25) is 0 Å². The van der Waals surface area contributed by atoms with Crippen molar-refractivity contribution >= 4 is 21.5 Å². The van der Waals surface area contributed by atoms with Crippen molar-refractivity contribution in [3.63, 3.8) is 0 Å². The summed E-state index contributed by atoms with van der Waals surface area (Å²) in [7, 11) is -3.10. The highest BCUT2D eigenvalue weighted by Gasteiger charge is 2.32. The van der Waals surface area contributed by atoms with Gasteiger partial charge < -0.3 is 5.11 Å². The predicted molar refractivity (Wildman–Crippen MR) is 84.6 cm³/mol. The van der Waals surface area contributed by atoms with E-state index in [0.717, 1.165) is 5.56 Å². The average molecular weight is 324 g/mol. The van der Waals surface area contributed by atoms with Gasteiger partial charge in [-0.25, -0.2) is 13.8 Å². The zero-order valence-corrected chi connectivity index (χ0v) is 13.5. The van der Waals surface area contributed by atoms with Crippen molar-refractivity contribution in [2.75, 3.05) is 11.5 Å². The number of phenolic OH excluding ortho intramolecular Hbond substituents is 1. The number of carbonyl (C=O) groups excluding carboxylic acids is 1. The molecular weight excluding hydrogens is 304 g/mol. The van der Waals surface area contributed by atoms with Crippen molar-refractivity contribution in [2.24, 2.45) is 11.0 Å². The SMILES string of the molecule is CC/C(=N\NC(=O)[C@H]1CCS(=O)(=O)C1)c1cc(C)ccc1O. The molecule has 0 spiro atoms. The molecular formula is C15H20N2O4S. The Bertz CT molecular complexity index is 710. The first kappa shape index (κ1) is 16.5. The zero-order valence-electron chi connectivity index (χ0n) is 12.7. The van der Waals surface area contributed by atoms with Gasteiger partial charge in [0.05, 0.1) is 23.1 Å². The fraction of sp³-hybridized carbons (Fsp3) is 0.467. The van der Waals surface area contributed by atoms with E-state index >= 15 is 0 Å². The van der Waals surface area contributed by atoms with Crippen LogP contribution in [0.15, 0.2) is 23.3 Å². The fourth-order valence-electron chi connectivity index (χ4n) is 2.43. The van der Waals surface area contributed by atoms with Crippen molar-refractivity contribution in [1.29, 1.82) is 0 Å². The lowest BCUT2D eigenvalue weighted by Crippen LogP contribution is -2.28. The van der Waals surface area contributed by atoms with E-state index in [9.17, 15) is 18.3 Å². The van der Waals surface area contributed by atoms with Crippen LogP contribution in [0.25, 0.3) is 0 Å². The second kappa shape index (κ2) is 6.48. The van der Waals surface area contributed by atoms with Crippen molar-refractivity contribution in [2.45, 2.75) is 26.7 Å². The number of hydrogen-bond donors (Lipinski definition) is 2. The number of phenols is 1. The molecule has 1 aromatic carbocycles. The average Bonchev–Trinajstić information content (AvgIpc) is 2.83. The summed E-state index contributed by atoms with van der Waals surface area (Å²) in [5, 5.41) is 14.0. The largest absolute Gasteiger partial charge is 0.507 e. The van der Waals surface area contributed by atoms with E-state index in [4.69, 9.17) is 0 Å². The molecule has 1 aliphatic heterocycles. The number of hydrazone groups is 1. The quantitative estimate of drug-likeness (QED) is 0.646. The molecule has 0 radical (unpaired) electrons. The minimum Gasteiger partial charge on any atom is -0.507 e. The topological polar surface area (TPSA) is 95.8 Å². The smallest absolute Gasteiger partial charge is 0.244 e. The summed E-state index contributed by atoms with van der Waals surface area (Å²) in [4.78, 5) is 12.0. The molecule has 1 aliphatic rings. The molecule has 0 bridgehead atoms. The van der Waals surface area contributed by atoms with Crippen LogP contribution in [0.1, 0.15) is 30.9 Å². The number of nitrogens with zero attached hydrogens (tertiary/aromatic N) is 1. The molecule has 1 fully saturated rings. The summed E-state index contributed by atoms with van der Waals surface area (Å²) in [6, 6.07) is 5.17. The van der Waals surface area contributed by atoms with Crippen molar-refractivity contribution in [3.05, 3.63) is 29.3 Å². The van der Waals surface area contributed by atoms with E-state index < -0.39 is 15.8 Å². The molecule has 120 valence electrons. The van der Waals surface area contributed by atoms with Crippen LogP contribution in [0.3, 0.4) is 0 Å². The highest BCUT2D eigenvalue weighted by molar-refractivity contribution is 7.91. The minimum absolute atomic E-state index is 0.0497. The molecule has 0 unspecified atom stereocenters. The third-order valence-electron chi connectivity index (χ3n) is 3.70. The van der Waals surface area contributed by atoms with Gasteiger partial charge in [-0.15, -0.1) is 0 Å². The molecule has 2 N–H and O–H groups in total. The highest BCUT2D eigenvalue weighted by atomic mass is 32.2. The molecule has 1 atom stereocenters. The standard InChI is InChI=1S/C15H20N2O4S/c1-3-13(12-8-10(2)4-5-14(12)18)16-17-15(19)11-6-7-22(20,21)9-11/h4-5,8,11,18H,3,6-7,9H2,1-2H3,(H,17,19)/b16-13+/t11-/m0/s1. The van der Waals surface area contributed by atoms with Gasteiger partial charge in [-0.1, -0.05) is 18.6 Å². The van der Waals surface area contributed by atoms with Gasteiger partial charge in [0, 0.05) is 5.56 Å². The Morgan fingerprint density at radius 1 is 1.45 bits per heavy atom. The van der Waals surface area contributed by atoms with E-state index in [-0.39, 0.29) is 23.2 Å². The number of aromatic hydroxyl groups is 1. The number of sulfone groups is 1. The maximum Gasteiger partial charge on any atom is 0.244 e. The maximum atomic E-state index is 12.0. The van der Waals surface area contributed by atoms with E-state index in [1.807, 2.05) is 13.8 Å². The zero-order chi connectivity index (χ0) is 16.3. The Kier molecular flexibility index (Phi) is 4.85. The lowest BCUT2D eigenvalue weighted by atomic mass is 10.0. The Balaban J connectivity index is 2.13. The number of nitrogens with one attached hydrogen (secondary N) is 1. The van der Waals surface area contributed by atoms with Crippen molar-refractivity contribution in [1.82, 2.24) is 5.43 Å². The summed E-state index contributed by atoms with van der Waals surface area (Å²) in [5.41, 5.74) is 4.53. The summed E-state index contributed by atoms with van der Waals surface area (Å²) in [6.45, 7) is 3.77. The van der Waals surface area contributed by atoms with Crippen LogP contribution in [0.4, 0.5) is 0 Å². The molecule has 0 aromatic heterocycles. The summed E-state index contributed by atoms with van der Waals surface area (Å²) >= 11 is 0. The number of benzene rings is 1. The van der Waals surface area contributed by atoms with Gasteiger partial charge in [0.2, 0.25) is 5.91 Å². The lowest BCUT2D eigenvalue weighted by molar-refractivity contribution is -0.124. The van der Waals surface area contributed by atoms with Gasteiger partial charge in [0.25, 0.3) is 0 Å². The monoisotopic (exact) mass is 324 g/mol. The predicted octanol–water partition coefficient (Wildman–Crippen LogP) is 1.37. The summed E-state index contributed by atoms with van der Waals surface area (Å²) < 4.78 is 22.8. The third-order valence-corrected chi connectivity index (χ3v) is 5.47. The molecule has 0 saturated carbocycles. The maximum absolute atomic E-state index is 12.0. The Hall–Kier alpha value is -1.89. The first-order valence-electron chi connectivity index (χ1n) is 7.19. The highest BCUT2D eigenvalue weighted by Crippen LogP contribution is 2.21. The molecule has 7 heteroatoms. The Morgan fingerprint density at radius 2 is 2.18 bits per heavy atom. The van der Waals surface area contributed by atoms with Crippen LogP contribution in [0, 0.1) is 12.8 Å². The summed E-state index contributed by atoms with van der Waals surface area (Å²) in [6.07, 6.45) is 0.862. The van der Waals surface area contributed by atoms with Gasteiger partial charge in [-0.2, -0.15) is 5.10 Å². The number of rotatable bonds is 4. The van der Waals surface area contributed by atoms with Gasteiger partial charge >= 0.3 is 0 Å². The van der Waals surface area contributed by atoms with E-state index in [0.29, 0.717) is 24.1 Å². The fourth-order valence-corrected chi connectivity index (χ4v) is 4.17. The molecule has 1 amide bonds. The Labute approximate surface area is 130 Å². The number of aryl methyl sites for hydroxylation is 1. The Morgan fingerprint density at radius 3 is 2.77 bits per heavy atom. The molecule has 1 saturated heterocycles. The van der Waals surface area contributed by atoms with Gasteiger partial charge in [-0.3, -0.25) is 4.79 Å². The van der Waals surface area contributed by atoms with Gasteiger partial charge in [0.15, 0.2) is 9.84 Å². The number of hydrogen-bond acceptors (Lipinski definition) is 5. The second-order valence-corrected chi connectivity index (χ2v) is 7.74. The van der Waals surface area contributed by atoms with Crippen LogP contribution in [-0.2, 0) is 14.6 Å². The van der Waals surface area contributed by atoms with E-state index in [2.05, 4.69) is 10.5 Å². The van der Waals surface area contributed by atoms with Gasteiger partial charge in [0.1, 0.15) is 5.75 Å². The normalized spacial score (nSPS) is 20.8. The van der Waals surface area contributed by atoms with Crippen LogP contribution in [-0.4, -0.2) is 36.6 Å². The van der Waals surface area contributed by atoms with E-state index in [1.54, 1.807) is 18.2 Å². The third kappa shape index (κ3) is 3.85. The van der Waals surface area contributed by atoms with Crippen molar-refractivity contribution < 1.29 is 18.3 Å². The minimum atomic E-state index is -3.10. The van der Waals surface area contributed by atoms with Crippen molar-refractivity contribution in [3.8, 4) is 5.75 Å². The molecule has 22 heavy (non-hydrogen) atoms. The first-order chi connectivity index (χ1) is 10.3. The van der Waals surface area contributed by atoms with Crippen LogP contribution < -0.4 is 5.43 Å². The summed E-state index contributed by atoms with van der Waals surface area (Å²) in [5.74, 6) is -0.902. The molecule has 1 heterocycles. The van der Waals surface area contributed by atoms with Crippen LogP contribution in [0.5, 0.6) is 5.75 Å². The van der Waals surface area contributed by atoms with E-state index in [1.165, 1.54) is 0 Å². The van der Waals surface area contributed by atoms with Crippen LogP contribution >= 0.6 is 0 Å². The van der Waals surface area contributed by atoms with Gasteiger partial charge in [-0.05, 0) is 31.9 Å². The number of carbonyl (C=O) groups is 1. The number of amides is 1.